The van der Waals surface area contributed by atoms with Crippen molar-refractivity contribution >= 4 is 5.91 Å². The zero-order valence-electron chi connectivity index (χ0n) is 16.5. The Kier molecular flexibility index (Phi) is 4.98. The van der Waals surface area contributed by atoms with Crippen LogP contribution in [0.4, 0.5) is 0 Å². The van der Waals surface area contributed by atoms with Crippen molar-refractivity contribution in [2.45, 2.75) is 45.4 Å². The molecule has 1 amide bonds. The Balaban J connectivity index is 1.46. The lowest BCUT2D eigenvalue weighted by atomic mass is 9.93. The van der Waals surface area contributed by atoms with E-state index in [-0.39, 0.29) is 5.91 Å². The zero-order valence-corrected chi connectivity index (χ0v) is 16.5. The van der Waals surface area contributed by atoms with Gasteiger partial charge in [-0.3, -0.25) is 9.36 Å². The van der Waals surface area contributed by atoms with Crippen molar-refractivity contribution in [3.63, 3.8) is 0 Å². The van der Waals surface area contributed by atoms with Crippen molar-refractivity contribution in [2.75, 3.05) is 13.1 Å². The van der Waals surface area contributed by atoms with Crippen LogP contribution in [0.3, 0.4) is 0 Å². The molecule has 1 aliphatic rings. The zero-order chi connectivity index (χ0) is 19.7. The minimum absolute atomic E-state index is 0.0583. The van der Waals surface area contributed by atoms with Gasteiger partial charge in [0.15, 0.2) is 11.6 Å². The van der Waals surface area contributed by atoms with Gasteiger partial charge in [0, 0.05) is 49.9 Å². The average Bonchev–Trinajstić information content (AvgIpc) is 3.37. The summed E-state index contributed by atoms with van der Waals surface area (Å²) in [5.74, 6) is 3.03. The molecule has 7 heteroatoms. The van der Waals surface area contributed by atoms with Crippen molar-refractivity contribution in [3.05, 3.63) is 60.0 Å². The molecular formula is C21H25N5O2. The molecule has 0 radical (unpaired) electrons. The first-order valence-corrected chi connectivity index (χ1v) is 9.75. The van der Waals surface area contributed by atoms with Gasteiger partial charge in [0.25, 0.3) is 5.91 Å². The summed E-state index contributed by atoms with van der Waals surface area (Å²) in [4.78, 5) is 27.9. The monoisotopic (exact) mass is 379 g/mol. The summed E-state index contributed by atoms with van der Waals surface area (Å²) in [7, 11) is 0. The molecule has 28 heavy (non-hydrogen) atoms. The molecule has 146 valence electrons. The van der Waals surface area contributed by atoms with Crippen LogP contribution in [0, 0.1) is 6.92 Å². The number of oxazole rings is 1. The standard InChI is InChI=1S/C21H25N5O2/c1-14(2)20-22-9-12-26(20)19-6-4-5-17(24-19)16-7-10-25(11-8-16)21(27)18-13-28-15(3)23-18/h4-6,9,12-14,16H,7-8,10-11H2,1-3H3. The van der Waals surface area contributed by atoms with E-state index >= 15 is 0 Å². The molecule has 4 heterocycles. The highest BCUT2D eigenvalue weighted by Gasteiger charge is 2.27. The van der Waals surface area contributed by atoms with Crippen LogP contribution in [-0.4, -0.2) is 43.4 Å². The Labute approximate surface area is 164 Å². The molecule has 1 saturated heterocycles. The third-order valence-corrected chi connectivity index (χ3v) is 5.23. The second kappa shape index (κ2) is 7.58. The summed E-state index contributed by atoms with van der Waals surface area (Å²) in [5.41, 5.74) is 1.46. The van der Waals surface area contributed by atoms with Gasteiger partial charge >= 0.3 is 0 Å². The summed E-state index contributed by atoms with van der Waals surface area (Å²) < 4.78 is 7.22. The van der Waals surface area contributed by atoms with E-state index in [1.54, 1.807) is 6.92 Å². The van der Waals surface area contributed by atoms with Crippen LogP contribution < -0.4 is 0 Å². The number of likely N-dealkylation sites (tertiary alicyclic amines) is 1. The van der Waals surface area contributed by atoms with Crippen LogP contribution in [-0.2, 0) is 0 Å². The summed E-state index contributed by atoms with van der Waals surface area (Å²) in [5, 5.41) is 0. The molecule has 0 unspecified atom stereocenters. The van der Waals surface area contributed by atoms with Crippen LogP contribution in [0.5, 0.6) is 0 Å². The number of rotatable bonds is 4. The summed E-state index contributed by atoms with van der Waals surface area (Å²) in [6.07, 6.45) is 6.99. The van der Waals surface area contributed by atoms with E-state index in [0.29, 0.717) is 36.5 Å². The summed E-state index contributed by atoms with van der Waals surface area (Å²) in [6, 6.07) is 6.15. The molecule has 7 nitrogen and oxygen atoms in total. The van der Waals surface area contributed by atoms with E-state index in [4.69, 9.17) is 9.40 Å². The number of aryl methyl sites for hydroxylation is 1. The van der Waals surface area contributed by atoms with Crippen LogP contribution in [0.1, 0.15) is 66.4 Å². The van der Waals surface area contributed by atoms with Crippen molar-refractivity contribution in [2.24, 2.45) is 0 Å². The molecule has 3 aromatic heterocycles. The Morgan fingerprint density at radius 2 is 2.00 bits per heavy atom. The van der Waals surface area contributed by atoms with E-state index in [1.807, 2.05) is 23.4 Å². The number of amides is 1. The summed E-state index contributed by atoms with van der Waals surface area (Å²) >= 11 is 0. The highest BCUT2D eigenvalue weighted by atomic mass is 16.3. The predicted molar refractivity (Wildman–Crippen MR) is 105 cm³/mol. The second-order valence-electron chi connectivity index (χ2n) is 7.55. The molecule has 1 fully saturated rings. The minimum Gasteiger partial charge on any atom is -0.448 e. The average molecular weight is 379 g/mol. The number of nitrogens with zero attached hydrogens (tertiary/aromatic N) is 5. The van der Waals surface area contributed by atoms with Gasteiger partial charge in [-0.1, -0.05) is 19.9 Å². The maximum absolute atomic E-state index is 12.5. The fraction of sp³-hybridized carbons (Fsp3) is 0.429. The Morgan fingerprint density at radius 1 is 1.21 bits per heavy atom. The number of carbonyl (C=O) groups excluding carboxylic acids is 1. The molecule has 0 spiro atoms. The van der Waals surface area contributed by atoms with Gasteiger partial charge in [-0.15, -0.1) is 0 Å². The molecule has 0 saturated carbocycles. The van der Waals surface area contributed by atoms with E-state index in [0.717, 1.165) is 30.2 Å². The van der Waals surface area contributed by atoms with Gasteiger partial charge in [-0.05, 0) is 25.0 Å². The number of pyridine rings is 1. The highest BCUT2D eigenvalue weighted by molar-refractivity contribution is 5.92. The Bertz CT molecular complexity index is 967. The van der Waals surface area contributed by atoms with Crippen LogP contribution in [0.15, 0.2) is 41.3 Å². The fourth-order valence-electron chi connectivity index (χ4n) is 3.74. The van der Waals surface area contributed by atoms with Crippen LogP contribution in [0.25, 0.3) is 5.82 Å². The third kappa shape index (κ3) is 3.56. The number of carbonyl (C=O) groups is 1. The van der Waals surface area contributed by atoms with Crippen molar-refractivity contribution < 1.29 is 9.21 Å². The molecule has 0 aliphatic carbocycles. The quantitative estimate of drug-likeness (QED) is 0.691. The molecule has 0 aromatic carbocycles. The van der Waals surface area contributed by atoms with E-state index in [9.17, 15) is 4.79 Å². The van der Waals surface area contributed by atoms with Crippen molar-refractivity contribution in [3.8, 4) is 5.82 Å². The number of imidazole rings is 1. The number of piperidine rings is 1. The molecule has 0 bridgehead atoms. The first kappa shape index (κ1) is 18.4. The van der Waals surface area contributed by atoms with E-state index in [1.165, 1.54) is 6.26 Å². The topological polar surface area (TPSA) is 77.1 Å². The Morgan fingerprint density at radius 3 is 2.68 bits per heavy atom. The van der Waals surface area contributed by atoms with Crippen molar-refractivity contribution in [1.29, 1.82) is 0 Å². The smallest absolute Gasteiger partial charge is 0.275 e. The number of hydrogen-bond acceptors (Lipinski definition) is 5. The second-order valence-corrected chi connectivity index (χ2v) is 7.55. The first-order chi connectivity index (χ1) is 13.5. The molecule has 3 aromatic rings. The lowest BCUT2D eigenvalue weighted by Crippen LogP contribution is -2.38. The predicted octanol–water partition coefficient (Wildman–Crippen LogP) is 3.71. The third-order valence-electron chi connectivity index (χ3n) is 5.23. The lowest BCUT2D eigenvalue weighted by Gasteiger charge is -2.31. The molecule has 1 aliphatic heterocycles. The van der Waals surface area contributed by atoms with Crippen LogP contribution in [0.2, 0.25) is 0 Å². The maximum atomic E-state index is 12.5. The largest absolute Gasteiger partial charge is 0.448 e. The SMILES string of the molecule is Cc1nc(C(=O)N2CCC(c3cccc(-n4ccnc4C(C)C)n3)CC2)co1. The van der Waals surface area contributed by atoms with Crippen molar-refractivity contribution in [1.82, 2.24) is 24.4 Å². The van der Waals surface area contributed by atoms with Gasteiger partial charge in [-0.25, -0.2) is 15.0 Å². The normalized spacial score (nSPS) is 15.4. The molecule has 0 N–H and O–H groups in total. The molecular weight excluding hydrogens is 354 g/mol. The summed E-state index contributed by atoms with van der Waals surface area (Å²) in [6.45, 7) is 7.40. The highest BCUT2D eigenvalue weighted by Crippen LogP contribution is 2.28. The Hall–Kier alpha value is -2.96. The van der Waals surface area contributed by atoms with Gasteiger partial charge in [0.2, 0.25) is 0 Å². The van der Waals surface area contributed by atoms with Gasteiger partial charge in [-0.2, -0.15) is 0 Å². The first-order valence-electron chi connectivity index (χ1n) is 9.75. The van der Waals surface area contributed by atoms with Gasteiger partial charge in [0.1, 0.15) is 17.9 Å². The number of hydrogen-bond donors (Lipinski definition) is 0. The maximum Gasteiger partial charge on any atom is 0.275 e. The molecule has 0 atom stereocenters. The van der Waals surface area contributed by atoms with E-state index < -0.39 is 0 Å². The number of aromatic nitrogens is 4. The molecule has 4 rings (SSSR count). The van der Waals surface area contributed by atoms with Gasteiger partial charge < -0.3 is 9.32 Å². The van der Waals surface area contributed by atoms with Gasteiger partial charge in [0.05, 0.1) is 0 Å². The van der Waals surface area contributed by atoms with Crippen LogP contribution >= 0.6 is 0 Å². The van der Waals surface area contributed by atoms with E-state index in [2.05, 4.69) is 40.5 Å². The fourth-order valence-corrected chi connectivity index (χ4v) is 3.74. The lowest BCUT2D eigenvalue weighted by molar-refractivity contribution is 0.0706. The minimum atomic E-state index is -0.0583.